The first-order valence-corrected chi connectivity index (χ1v) is 8.54. The molecule has 0 aliphatic rings. The average Bonchev–Trinajstić information content (AvgIpc) is 2.54. The van der Waals surface area contributed by atoms with E-state index in [0.717, 1.165) is 49.1 Å². The fraction of sp³-hybridized carbons (Fsp3) is 0.474. The third-order valence-electron chi connectivity index (χ3n) is 3.76. The van der Waals surface area contributed by atoms with Crippen LogP contribution in [0, 0.1) is 12.8 Å². The highest BCUT2D eigenvalue weighted by Crippen LogP contribution is 2.18. The summed E-state index contributed by atoms with van der Waals surface area (Å²) in [6.45, 7) is 8.07. The third kappa shape index (κ3) is 5.72. The number of benzene rings is 1. The van der Waals surface area contributed by atoms with E-state index in [1.54, 1.807) is 7.11 Å². The maximum atomic E-state index is 5.39. The number of methoxy groups -OCH3 is 1. The lowest BCUT2D eigenvalue weighted by atomic mass is 10.1. The predicted octanol–water partition coefficient (Wildman–Crippen LogP) is 3.91. The van der Waals surface area contributed by atoms with Gasteiger partial charge >= 0.3 is 0 Å². The van der Waals surface area contributed by atoms with Gasteiger partial charge in [0.25, 0.3) is 0 Å². The lowest BCUT2D eigenvalue weighted by molar-refractivity contribution is 0.410. The van der Waals surface area contributed by atoms with Gasteiger partial charge < -0.3 is 15.4 Å². The van der Waals surface area contributed by atoms with Gasteiger partial charge in [-0.1, -0.05) is 32.0 Å². The zero-order valence-electron chi connectivity index (χ0n) is 15.1. The molecule has 1 aromatic carbocycles. The van der Waals surface area contributed by atoms with Crippen molar-refractivity contribution < 1.29 is 4.74 Å². The number of hydrogen-bond donors (Lipinski definition) is 2. The van der Waals surface area contributed by atoms with Crippen molar-refractivity contribution in [1.29, 1.82) is 0 Å². The van der Waals surface area contributed by atoms with Crippen LogP contribution >= 0.6 is 0 Å². The summed E-state index contributed by atoms with van der Waals surface area (Å²) in [6.07, 6.45) is 2.00. The van der Waals surface area contributed by atoms with Crippen LogP contribution in [0.4, 0.5) is 11.6 Å². The van der Waals surface area contributed by atoms with Gasteiger partial charge in [0.2, 0.25) is 0 Å². The molecule has 0 saturated carbocycles. The van der Waals surface area contributed by atoms with Crippen LogP contribution in [-0.2, 0) is 6.42 Å². The molecule has 0 unspecified atom stereocenters. The molecule has 1 aromatic heterocycles. The van der Waals surface area contributed by atoms with Crippen molar-refractivity contribution in [3.8, 4) is 5.75 Å². The Morgan fingerprint density at radius 3 is 2.38 bits per heavy atom. The van der Waals surface area contributed by atoms with Crippen molar-refractivity contribution in [3.05, 3.63) is 41.7 Å². The summed E-state index contributed by atoms with van der Waals surface area (Å²) in [5, 5.41) is 6.75. The van der Waals surface area contributed by atoms with E-state index in [-0.39, 0.29) is 0 Å². The fourth-order valence-corrected chi connectivity index (χ4v) is 2.47. The number of aromatic nitrogens is 2. The predicted molar refractivity (Wildman–Crippen MR) is 99.9 cm³/mol. The second-order valence-electron chi connectivity index (χ2n) is 6.28. The molecule has 2 rings (SSSR count). The van der Waals surface area contributed by atoms with Gasteiger partial charge in [-0.3, -0.25) is 0 Å². The molecule has 0 saturated heterocycles. The number of ether oxygens (including phenoxy) is 1. The molecule has 0 atom stereocenters. The molecule has 130 valence electrons. The van der Waals surface area contributed by atoms with Gasteiger partial charge in [0, 0.05) is 19.2 Å². The van der Waals surface area contributed by atoms with Gasteiger partial charge in [-0.25, -0.2) is 9.97 Å². The number of rotatable bonds is 9. The van der Waals surface area contributed by atoms with E-state index in [9.17, 15) is 0 Å². The second-order valence-corrected chi connectivity index (χ2v) is 6.28. The summed E-state index contributed by atoms with van der Waals surface area (Å²) >= 11 is 0. The first-order valence-electron chi connectivity index (χ1n) is 8.54. The minimum absolute atomic E-state index is 0.680. The van der Waals surface area contributed by atoms with Crippen LogP contribution in [0.3, 0.4) is 0 Å². The molecule has 5 nitrogen and oxygen atoms in total. The second kappa shape index (κ2) is 9.11. The number of para-hydroxylation sites is 1. The SMILES string of the molecule is COc1ccccc1CCNc1cc(NCCC(C)C)nc(C)n1. The third-order valence-corrected chi connectivity index (χ3v) is 3.76. The van der Waals surface area contributed by atoms with Crippen LogP contribution < -0.4 is 15.4 Å². The Hall–Kier alpha value is -2.30. The molecule has 0 aliphatic heterocycles. The summed E-state index contributed by atoms with van der Waals surface area (Å²) in [7, 11) is 1.70. The van der Waals surface area contributed by atoms with Crippen molar-refractivity contribution in [3.63, 3.8) is 0 Å². The van der Waals surface area contributed by atoms with Crippen LogP contribution in [0.15, 0.2) is 30.3 Å². The molecule has 0 bridgehead atoms. The number of aryl methyl sites for hydroxylation is 1. The van der Waals surface area contributed by atoms with E-state index in [2.05, 4.69) is 40.5 Å². The highest BCUT2D eigenvalue weighted by Gasteiger charge is 2.04. The maximum absolute atomic E-state index is 5.39. The van der Waals surface area contributed by atoms with Crippen LogP contribution in [-0.4, -0.2) is 30.2 Å². The summed E-state index contributed by atoms with van der Waals surface area (Å²) in [5.41, 5.74) is 1.19. The van der Waals surface area contributed by atoms with Gasteiger partial charge in [-0.15, -0.1) is 0 Å². The Kier molecular flexibility index (Phi) is 6.85. The Labute approximate surface area is 144 Å². The molecule has 2 aromatic rings. The normalized spacial score (nSPS) is 10.7. The van der Waals surface area contributed by atoms with Crippen LogP contribution in [0.25, 0.3) is 0 Å². The lowest BCUT2D eigenvalue weighted by Crippen LogP contribution is -2.11. The topological polar surface area (TPSA) is 59.1 Å². The van der Waals surface area contributed by atoms with Crippen LogP contribution in [0.1, 0.15) is 31.7 Å². The summed E-state index contributed by atoms with van der Waals surface area (Å²) in [4.78, 5) is 8.90. The zero-order chi connectivity index (χ0) is 17.4. The number of nitrogens with one attached hydrogen (secondary N) is 2. The van der Waals surface area contributed by atoms with Gasteiger partial charge in [-0.2, -0.15) is 0 Å². The van der Waals surface area contributed by atoms with E-state index < -0.39 is 0 Å². The largest absolute Gasteiger partial charge is 0.496 e. The van der Waals surface area contributed by atoms with Crippen molar-refractivity contribution in [2.75, 3.05) is 30.8 Å². The first-order chi connectivity index (χ1) is 11.6. The quantitative estimate of drug-likeness (QED) is 0.731. The number of anilines is 2. The smallest absolute Gasteiger partial charge is 0.131 e. The molecule has 0 amide bonds. The zero-order valence-corrected chi connectivity index (χ0v) is 15.1. The molecule has 1 heterocycles. The number of hydrogen-bond acceptors (Lipinski definition) is 5. The van der Waals surface area contributed by atoms with E-state index in [1.165, 1.54) is 5.56 Å². The van der Waals surface area contributed by atoms with Crippen molar-refractivity contribution in [2.24, 2.45) is 5.92 Å². The van der Waals surface area contributed by atoms with Crippen molar-refractivity contribution >= 4 is 11.6 Å². The highest BCUT2D eigenvalue weighted by molar-refractivity contribution is 5.47. The molecule has 0 fully saturated rings. The first kappa shape index (κ1) is 18.0. The Balaban J connectivity index is 1.91. The summed E-state index contributed by atoms with van der Waals surface area (Å²) in [6, 6.07) is 10.1. The van der Waals surface area contributed by atoms with Gasteiger partial charge in [-0.05, 0) is 37.3 Å². The van der Waals surface area contributed by atoms with E-state index >= 15 is 0 Å². The van der Waals surface area contributed by atoms with Gasteiger partial charge in [0.15, 0.2) is 0 Å². The summed E-state index contributed by atoms with van der Waals surface area (Å²) < 4.78 is 5.39. The van der Waals surface area contributed by atoms with Crippen molar-refractivity contribution in [2.45, 2.75) is 33.6 Å². The molecule has 0 radical (unpaired) electrons. The van der Waals surface area contributed by atoms with E-state index in [0.29, 0.717) is 5.92 Å². The molecule has 0 spiro atoms. The fourth-order valence-electron chi connectivity index (χ4n) is 2.47. The highest BCUT2D eigenvalue weighted by atomic mass is 16.5. The van der Waals surface area contributed by atoms with E-state index in [4.69, 9.17) is 4.74 Å². The lowest BCUT2D eigenvalue weighted by Gasteiger charge is -2.12. The number of nitrogens with zero attached hydrogens (tertiary/aromatic N) is 2. The minimum Gasteiger partial charge on any atom is -0.496 e. The molecular weight excluding hydrogens is 300 g/mol. The molecule has 5 heteroatoms. The van der Waals surface area contributed by atoms with Gasteiger partial charge in [0.05, 0.1) is 7.11 Å². The monoisotopic (exact) mass is 328 g/mol. The summed E-state index contributed by atoms with van der Waals surface area (Å²) in [5.74, 6) is 4.10. The Bertz CT molecular complexity index is 643. The Morgan fingerprint density at radius 2 is 1.71 bits per heavy atom. The van der Waals surface area contributed by atoms with Crippen LogP contribution in [0.5, 0.6) is 5.75 Å². The molecule has 0 aliphatic carbocycles. The molecule has 24 heavy (non-hydrogen) atoms. The van der Waals surface area contributed by atoms with Gasteiger partial charge in [0.1, 0.15) is 23.2 Å². The average molecular weight is 328 g/mol. The van der Waals surface area contributed by atoms with E-state index in [1.807, 2.05) is 31.2 Å². The molecular formula is C19H28N4O. The van der Waals surface area contributed by atoms with Crippen molar-refractivity contribution in [1.82, 2.24) is 9.97 Å². The maximum Gasteiger partial charge on any atom is 0.131 e. The van der Waals surface area contributed by atoms with Crippen LogP contribution in [0.2, 0.25) is 0 Å². The molecule has 2 N–H and O–H groups in total. The standard InChI is InChI=1S/C19H28N4O/c1-14(2)9-11-20-18-13-19(23-15(3)22-18)21-12-10-16-7-5-6-8-17(16)24-4/h5-8,13-14H,9-12H2,1-4H3,(H2,20,21,22,23). The minimum atomic E-state index is 0.680. The Morgan fingerprint density at radius 1 is 1.04 bits per heavy atom.